The Kier molecular flexibility index (Phi) is 7.73. The lowest BCUT2D eigenvalue weighted by Crippen LogP contribution is -2.45. The molecule has 12 heteroatoms. The lowest BCUT2D eigenvalue weighted by Gasteiger charge is -2.36. The highest BCUT2D eigenvalue weighted by Crippen LogP contribution is 2.36. The number of hydrogen-bond acceptors (Lipinski definition) is 9. The molecule has 2 atom stereocenters. The number of morpholine rings is 1. The van der Waals surface area contributed by atoms with Crippen LogP contribution in [-0.4, -0.2) is 66.9 Å². The second-order valence-electron chi connectivity index (χ2n) is 10.6. The third-order valence-electron chi connectivity index (χ3n) is 7.21. The second-order valence-corrected chi connectivity index (χ2v) is 13.1. The van der Waals surface area contributed by atoms with Gasteiger partial charge >= 0.3 is 0 Å². The van der Waals surface area contributed by atoms with Gasteiger partial charge in [-0.3, -0.25) is 9.78 Å². The lowest BCUT2D eigenvalue weighted by atomic mass is 10.1. The molecule has 3 aromatic heterocycles. The van der Waals surface area contributed by atoms with Crippen LogP contribution in [0.4, 0.5) is 5.82 Å². The summed E-state index contributed by atoms with van der Waals surface area (Å²) in [6, 6.07) is 14.3. The van der Waals surface area contributed by atoms with Gasteiger partial charge in [-0.15, -0.1) is 0 Å². The van der Waals surface area contributed by atoms with E-state index < -0.39 is 15.7 Å². The van der Waals surface area contributed by atoms with Crippen molar-refractivity contribution < 1.29 is 22.7 Å². The molecule has 0 bridgehead atoms. The van der Waals surface area contributed by atoms with Crippen LogP contribution in [0, 0.1) is 0 Å². The van der Waals surface area contributed by atoms with E-state index in [4.69, 9.17) is 31.0 Å². The summed E-state index contributed by atoms with van der Waals surface area (Å²) in [5, 5.41) is 3.74. The maximum Gasteiger partial charge on any atom is 0.251 e. The summed E-state index contributed by atoms with van der Waals surface area (Å²) in [6.45, 7) is 6.03. The Morgan fingerprint density at radius 2 is 1.86 bits per heavy atom. The molecular formula is C30H30ClN5O5S. The first-order chi connectivity index (χ1) is 20.2. The Morgan fingerprint density at radius 1 is 1.07 bits per heavy atom. The molecule has 0 radical (unpaired) electrons. The maximum absolute atomic E-state index is 13.0. The minimum Gasteiger partial charge on any atom is -0.491 e. The number of carbonyl (C=O) groups is 1. The number of anilines is 1. The molecule has 10 nitrogen and oxygen atoms in total. The van der Waals surface area contributed by atoms with Crippen molar-refractivity contribution in [1.29, 1.82) is 0 Å². The first-order valence-corrected chi connectivity index (χ1v) is 15.8. The molecule has 1 N–H and O–H groups in total. The summed E-state index contributed by atoms with van der Waals surface area (Å²) in [5.74, 6) is 0.434. The van der Waals surface area contributed by atoms with Gasteiger partial charge in [-0.1, -0.05) is 17.7 Å². The Balaban J connectivity index is 1.21. The Hall–Kier alpha value is -3.80. The smallest absolute Gasteiger partial charge is 0.251 e. The fourth-order valence-corrected chi connectivity index (χ4v) is 7.09. The van der Waals surface area contributed by atoms with Crippen molar-refractivity contribution in [3.8, 4) is 17.1 Å². The van der Waals surface area contributed by atoms with Gasteiger partial charge in [0.1, 0.15) is 10.7 Å². The third kappa shape index (κ3) is 5.90. The molecule has 0 aliphatic carbocycles. The largest absolute Gasteiger partial charge is 0.491 e. The van der Waals surface area contributed by atoms with Crippen LogP contribution in [0.1, 0.15) is 36.3 Å². The van der Waals surface area contributed by atoms with Crippen molar-refractivity contribution in [3.05, 3.63) is 71.0 Å². The van der Waals surface area contributed by atoms with Gasteiger partial charge in [-0.05, 0) is 62.7 Å². The molecule has 2 aliphatic heterocycles. The van der Waals surface area contributed by atoms with E-state index in [0.717, 1.165) is 35.7 Å². The van der Waals surface area contributed by atoms with E-state index in [1.165, 1.54) is 12.1 Å². The van der Waals surface area contributed by atoms with E-state index in [0.29, 0.717) is 17.6 Å². The highest BCUT2D eigenvalue weighted by atomic mass is 35.5. The molecule has 1 saturated heterocycles. The number of aromatic nitrogens is 3. The highest BCUT2D eigenvalue weighted by molar-refractivity contribution is 7.91. The highest BCUT2D eigenvalue weighted by Gasteiger charge is 2.27. The molecule has 2 aliphatic rings. The fraction of sp³-hybridized carbons (Fsp3) is 0.333. The first kappa shape index (κ1) is 28.3. The van der Waals surface area contributed by atoms with Gasteiger partial charge in [-0.2, -0.15) is 0 Å². The fourth-order valence-electron chi connectivity index (χ4n) is 5.28. The number of nitrogens with zero attached hydrogens (tertiary/aromatic N) is 4. The van der Waals surface area contributed by atoms with E-state index in [-0.39, 0.29) is 52.3 Å². The van der Waals surface area contributed by atoms with Crippen LogP contribution in [0.3, 0.4) is 0 Å². The number of ether oxygens (including phenoxy) is 2. The molecule has 0 spiro atoms. The number of benzene rings is 1. The third-order valence-corrected chi connectivity index (χ3v) is 9.29. The predicted molar refractivity (Wildman–Crippen MR) is 160 cm³/mol. The van der Waals surface area contributed by atoms with Gasteiger partial charge in [0.05, 0.1) is 58.7 Å². The number of carbonyl (C=O) groups excluding carboxylic acids is 1. The van der Waals surface area contributed by atoms with Crippen LogP contribution in [-0.2, 0) is 21.1 Å². The van der Waals surface area contributed by atoms with Gasteiger partial charge in [-0.25, -0.2) is 18.4 Å². The van der Waals surface area contributed by atoms with Gasteiger partial charge in [0.2, 0.25) is 0 Å². The van der Waals surface area contributed by atoms with E-state index in [9.17, 15) is 13.2 Å². The molecular weight excluding hydrogens is 578 g/mol. The number of hydrogen-bond donors (Lipinski definition) is 1. The average molecular weight is 608 g/mol. The maximum atomic E-state index is 13.0. The van der Waals surface area contributed by atoms with E-state index in [1.807, 2.05) is 36.4 Å². The minimum atomic E-state index is -3.61. The van der Waals surface area contributed by atoms with Gasteiger partial charge in [0.15, 0.2) is 15.6 Å². The standard InChI is InChI=1S/C30H30ClN5O5S/c1-18-16-36(17-19(2)41-18)28-6-3-5-24(35-28)25-8-7-20-14-32-22(13-26(20)34-25)15-33-30(37)21-11-23(31)29-27(12-21)42(38,39)10-4-9-40-29/h3,5-8,11-14,18-19H,4,9-10,15-17H2,1-2H3,(H,33,37). The Bertz CT molecular complexity index is 1770. The molecule has 42 heavy (non-hydrogen) atoms. The van der Waals surface area contributed by atoms with Crippen LogP contribution in [0.25, 0.3) is 22.3 Å². The number of fused-ring (bicyclic) bond motifs is 2. The van der Waals surface area contributed by atoms with Crippen LogP contribution < -0.4 is 15.0 Å². The van der Waals surface area contributed by atoms with Crippen molar-refractivity contribution in [2.75, 3.05) is 30.3 Å². The Morgan fingerprint density at radius 3 is 2.67 bits per heavy atom. The normalized spacial score (nSPS) is 19.9. The zero-order valence-electron chi connectivity index (χ0n) is 23.2. The summed E-state index contributed by atoms with van der Waals surface area (Å²) < 4.78 is 36.8. The minimum absolute atomic E-state index is 0.0615. The number of rotatable bonds is 5. The predicted octanol–water partition coefficient (Wildman–Crippen LogP) is 4.45. The van der Waals surface area contributed by atoms with Crippen molar-refractivity contribution in [2.24, 2.45) is 0 Å². The molecule has 1 amide bonds. The van der Waals surface area contributed by atoms with E-state index >= 15 is 0 Å². The summed E-state index contributed by atoms with van der Waals surface area (Å²) in [7, 11) is -3.61. The zero-order chi connectivity index (χ0) is 29.4. The molecule has 6 rings (SSSR count). The average Bonchev–Trinajstić information content (AvgIpc) is 3.13. The second kappa shape index (κ2) is 11.5. The quantitative estimate of drug-likeness (QED) is 0.350. The number of amides is 1. The number of sulfone groups is 1. The van der Waals surface area contributed by atoms with E-state index in [1.54, 1.807) is 6.20 Å². The topological polar surface area (TPSA) is 124 Å². The van der Waals surface area contributed by atoms with Crippen LogP contribution >= 0.6 is 11.6 Å². The molecule has 2 unspecified atom stereocenters. The summed E-state index contributed by atoms with van der Waals surface area (Å²) in [5.41, 5.74) is 2.91. The molecule has 1 fully saturated rings. The van der Waals surface area contributed by atoms with Crippen molar-refractivity contribution in [2.45, 2.75) is 43.9 Å². The van der Waals surface area contributed by atoms with Crippen molar-refractivity contribution >= 4 is 44.1 Å². The van der Waals surface area contributed by atoms with Crippen LogP contribution in [0.15, 0.2) is 59.6 Å². The molecule has 0 saturated carbocycles. The summed E-state index contributed by atoms with van der Waals surface area (Å²) in [6.07, 6.45) is 2.31. The summed E-state index contributed by atoms with van der Waals surface area (Å²) in [4.78, 5) is 29.3. The number of halogens is 1. The zero-order valence-corrected chi connectivity index (χ0v) is 24.8. The van der Waals surface area contributed by atoms with Crippen molar-refractivity contribution in [1.82, 2.24) is 20.3 Å². The number of nitrogens with one attached hydrogen (secondary N) is 1. The first-order valence-electron chi connectivity index (χ1n) is 13.8. The molecule has 5 heterocycles. The van der Waals surface area contributed by atoms with Gasteiger partial charge in [0, 0.05) is 30.2 Å². The lowest BCUT2D eigenvalue weighted by molar-refractivity contribution is -0.00545. The number of pyridine rings is 3. The van der Waals surface area contributed by atoms with Crippen LogP contribution in [0.5, 0.6) is 5.75 Å². The van der Waals surface area contributed by atoms with Crippen molar-refractivity contribution in [3.63, 3.8) is 0 Å². The van der Waals surface area contributed by atoms with Crippen LogP contribution in [0.2, 0.25) is 5.02 Å². The Labute approximate surface area is 249 Å². The molecule has 218 valence electrons. The SMILES string of the molecule is CC1CN(c2cccc(-c3ccc4cnc(CNC(=O)c5cc(Cl)c6c(c5)S(=O)(=O)CCCO6)cc4n3)n2)CC(C)O1. The molecule has 1 aromatic carbocycles. The monoisotopic (exact) mass is 607 g/mol. The molecule has 4 aromatic rings. The summed E-state index contributed by atoms with van der Waals surface area (Å²) >= 11 is 6.30. The van der Waals surface area contributed by atoms with Gasteiger partial charge in [0.25, 0.3) is 5.91 Å². The van der Waals surface area contributed by atoms with E-state index in [2.05, 4.69) is 29.0 Å². The van der Waals surface area contributed by atoms with Gasteiger partial charge < -0.3 is 19.7 Å².